The molecular weight excluding hydrogens is 350 g/mol. The van der Waals surface area contributed by atoms with Crippen molar-refractivity contribution in [2.45, 2.75) is 13.8 Å². The molecule has 144 valence electrons. The lowest BCUT2D eigenvalue weighted by Gasteiger charge is -2.09. The Bertz CT molecular complexity index is 749. The van der Waals surface area contributed by atoms with Crippen LogP contribution in [-0.4, -0.2) is 49.9 Å². The van der Waals surface area contributed by atoms with Crippen LogP contribution in [-0.2, 0) is 14.3 Å². The van der Waals surface area contributed by atoms with E-state index in [0.717, 1.165) is 0 Å². The maximum atomic E-state index is 11.8. The number of anilines is 1. The first kappa shape index (κ1) is 21.6. The van der Waals surface area contributed by atoms with Gasteiger partial charge in [0, 0.05) is 38.5 Å². The molecule has 0 heterocycles. The molecule has 0 atom stereocenters. The lowest BCUT2D eigenvalue weighted by atomic mass is 10.2. The Hall–Kier alpha value is -3.42. The van der Waals surface area contributed by atoms with Gasteiger partial charge in [0.25, 0.3) is 5.91 Å². The van der Waals surface area contributed by atoms with Gasteiger partial charge in [-0.25, -0.2) is 4.79 Å². The number of nitrogens with zero attached hydrogens (tertiary/aromatic N) is 2. The Kier molecular flexibility index (Phi) is 9.01. The monoisotopic (exact) mass is 373 g/mol. The van der Waals surface area contributed by atoms with Crippen LogP contribution in [0.2, 0.25) is 0 Å². The molecule has 0 bridgehead atoms. The molecule has 1 rings (SSSR count). The number of hydrogen-bond acceptors (Lipinski definition) is 6. The van der Waals surface area contributed by atoms with Gasteiger partial charge in [0.1, 0.15) is 5.75 Å². The molecule has 1 aromatic rings. The number of amides is 2. The van der Waals surface area contributed by atoms with Crippen molar-refractivity contribution in [3.63, 3.8) is 0 Å². The number of hydrogen-bond donors (Lipinski definition) is 1. The predicted molar refractivity (Wildman–Crippen MR) is 103 cm³/mol. The maximum Gasteiger partial charge on any atom is 0.515 e. The zero-order chi connectivity index (χ0) is 20.2. The third-order valence-corrected chi connectivity index (χ3v) is 3.06. The minimum absolute atomic E-state index is 0.119. The number of carbonyl (C=O) groups excluding carboxylic acids is 3. The zero-order valence-corrected chi connectivity index (χ0v) is 15.8. The standard InChI is InChI=1S/C19H23N3O5/c1-5-15(18(24)22(3)4)7-6-12-20-13-26-19(25)27-17-10-8-16(9-11-17)21-14(2)23/h5-12H,13H2,1-4H3,(H,21,23)/b7-6-,15-5+,20-12?. The second kappa shape index (κ2) is 11.2. The average Bonchev–Trinajstić information content (AvgIpc) is 2.61. The van der Waals surface area contributed by atoms with Crippen LogP contribution >= 0.6 is 0 Å². The van der Waals surface area contributed by atoms with Gasteiger partial charge in [-0.1, -0.05) is 6.08 Å². The van der Waals surface area contributed by atoms with Crippen molar-refractivity contribution in [3.05, 3.63) is 48.1 Å². The summed E-state index contributed by atoms with van der Waals surface area (Å²) in [6.07, 6.45) is 5.40. The van der Waals surface area contributed by atoms with Crippen molar-refractivity contribution in [1.82, 2.24) is 4.90 Å². The van der Waals surface area contributed by atoms with Crippen LogP contribution in [0.3, 0.4) is 0 Å². The third-order valence-electron chi connectivity index (χ3n) is 3.06. The Labute approximate surface area is 158 Å². The lowest BCUT2D eigenvalue weighted by molar-refractivity contribution is -0.124. The topological polar surface area (TPSA) is 97.3 Å². The molecule has 0 unspecified atom stereocenters. The molecule has 0 fully saturated rings. The first-order valence-corrected chi connectivity index (χ1v) is 8.10. The van der Waals surface area contributed by atoms with E-state index >= 15 is 0 Å². The first-order chi connectivity index (χ1) is 12.8. The van der Waals surface area contributed by atoms with E-state index in [1.54, 1.807) is 51.4 Å². The maximum absolute atomic E-state index is 11.8. The molecular formula is C19H23N3O5. The summed E-state index contributed by atoms with van der Waals surface area (Å²) in [6.45, 7) is 2.94. The highest BCUT2D eigenvalue weighted by Gasteiger charge is 2.07. The van der Waals surface area contributed by atoms with Crippen molar-refractivity contribution in [2.24, 2.45) is 4.99 Å². The molecule has 0 aliphatic heterocycles. The normalized spacial score (nSPS) is 11.5. The van der Waals surface area contributed by atoms with Gasteiger partial charge in [-0.15, -0.1) is 0 Å². The molecule has 0 saturated carbocycles. The van der Waals surface area contributed by atoms with Crippen LogP contribution < -0.4 is 10.1 Å². The van der Waals surface area contributed by atoms with Crippen LogP contribution in [0, 0.1) is 0 Å². The van der Waals surface area contributed by atoms with Gasteiger partial charge in [0.2, 0.25) is 5.91 Å². The SMILES string of the molecule is C/C=C(\C=C/C=NCOC(=O)Oc1ccc(NC(C)=O)cc1)C(=O)N(C)C. The quantitative estimate of drug-likeness (QED) is 0.261. The van der Waals surface area contributed by atoms with E-state index in [2.05, 4.69) is 10.3 Å². The summed E-state index contributed by atoms with van der Waals surface area (Å²) >= 11 is 0. The third kappa shape index (κ3) is 8.48. The molecule has 0 aromatic heterocycles. The predicted octanol–water partition coefficient (Wildman–Crippen LogP) is 2.78. The fourth-order valence-corrected chi connectivity index (χ4v) is 1.83. The van der Waals surface area contributed by atoms with Crippen molar-refractivity contribution in [1.29, 1.82) is 0 Å². The molecule has 0 aliphatic rings. The molecule has 27 heavy (non-hydrogen) atoms. The Morgan fingerprint density at radius 1 is 1.19 bits per heavy atom. The summed E-state index contributed by atoms with van der Waals surface area (Å²) in [5, 5.41) is 2.60. The van der Waals surface area contributed by atoms with Crippen molar-refractivity contribution >= 4 is 29.9 Å². The van der Waals surface area contributed by atoms with Crippen molar-refractivity contribution in [3.8, 4) is 5.75 Å². The smallest absolute Gasteiger partial charge is 0.411 e. The summed E-state index contributed by atoms with van der Waals surface area (Å²) in [7, 11) is 3.33. The average molecular weight is 373 g/mol. The van der Waals surface area contributed by atoms with Gasteiger partial charge < -0.3 is 19.7 Å². The Morgan fingerprint density at radius 2 is 1.85 bits per heavy atom. The molecule has 8 heteroatoms. The van der Waals surface area contributed by atoms with E-state index < -0.39 is 6.16 Å². The second-order valence-electron chi connectivity index (χ2n) is 5.47. The number of rotatable bonds is 7. The number of carbonyl (C=O) groups is 3. The summed E-state index contributed by atoms with van der Waals surface area (Å²) in [4.78, 5) is 39.6. The fraction of sp³-hybridized carbons (Fsp3) is 0.263. The van der Waals surface area contributed by atoms with E-state index in [4.69, 9.17) is 9.47 Å². The molecule has 0 aliphatic carbocycles. The Morgan fingerprint density at radius 3 is 2.41 bits per heavy atom. The molecule has 0 spiro atoms. The fourth-order valence-electron chi connectivity index (χ4n) is 1.83. The van der Waals surface area contributed by atoms with Crippen molar-refractivity contribution in [2.75, 3.05) is 26.1 Å². The molecule has 1 aromatic carbocycles. The Balaban J connectivity index is 2.40. The van der Waals surface area contributed by atoms with E-state index in [1.807, 2.05) is 0 Å². The minimum atomic E-state index is -0.902. The summed E-state index contributed by atoms with van der Waals surface area (Å²) in [6, 6.07) is 6.25. The zero-order valence-electron chi connectivity index (χ0n) is 15.8. The van der Waals surface area contributed by atoms with Crippen LogP contribution in [0.1, 0.15) is 13.8 Å². The van der Waals surface area contributed by atoms with Crippen LogP contribution in [0.15, 0.2) is 53.1 Å². The number of benzene rings is 1. The molecule has 0 saturated heterocycles. The number of likely N-dealkylation sites (N-methyl/N-ethyl adjacent to an activating group) is 1. The van der Waals surface area contributed by atoms with Gasteiger partial charge in [0.15, 0.2) is 6.73 Å². The van der Waals surface area contributed by atoms with E-state index in [9.17, 15) is 14.4 Å². The van der Waals surface area contributed by atoms with Crippen LogP contribution in [0.5, 0.6) is 5.75 Å². The van der Waals surface area contributed by atoms with Crippen LogP contribution in [0.4, 0.5) is 10.5 Å². The largest absolute Gasteiger partial charge is 0.515 e. The van der Waals surface area contributed by atoms with Gasteiger partial charge in [-0.3, -0.25) is 14.6 Å². The van der Waals surface area contributed by atoms with Crippen LogP contribution in [0.25, 0.3) is 0 Å². The van der Waals surface area contributed by atoms with Gasteiger partial charge in [-0.2, -0.15) is 0 Å². The molecule has 0 radical (unpaired) electrons. The highest BCUT2D eigenvalue weighted by atomic mass is 16.7. The lowest BCUT2D eigenvalue weighted by Crippen LogP contribution is -2.22. The van der Waals surface area contributed by atoms with Gasteiger partial charge in [0.05, 0.1) is 0 Å². The highest BCUT2D eigenvalue weighted by Crippen LogP contribution is 2.16. The first-order valence-electron chi connectivity index (χ1n) is 8.10. The summed E-state index contributed by atoms with van der Waals surface area (Å²) in [5.74, 6) is -0.0352. The second-order valence-corrected chi connectivity index (χ2v) is 5.47. The van der Waals surface area contributed by atoms with E-state index in [-0.39, 0.29) is 24.3 Å². The summed E-state index contributed by atoms with van der Waals surface area (Å²) < 4.78 is 9.78. The van der Waals surface area contributed by atoms with Crippen molar-refractivity contribution < 1.29 is 23.9 Å². The number of allylic oxidation sites excluding steroid dienone is 2. The van der Waals surface area contributed by atoms with Gasteiger partial charge in [-0.05, 0) is 43.3 Å². The van der Waals surface area contributed by atoms with E-state index in [1.165, 1.54) is 30.2 Å². The number of nitrogens with one attached hydrogen (secondary N) is 1. The molecule has 8 nitrogen and oxygen atoms in total. The molecule has 2 amide bonds. The number of ether oxygens (including phenoxy) is 2. The van der Waals surface area contributed by atoms with Gasteiger partial charge >= 0.3 is 6.16 Å². The minimum Gasteiger partial charge on any atom is -0.411 e. The molecule has 1 N–H and O–H groups in total. The summed E-state index contributed by atoms with van der Waals surface area (Å²) in [5.41, 5.74) is 1.11. The highest BCUT2D eigenvalue weighted by molar-refractivity contribution is 5.96. The number of aliphatic imine (C=N–C) groups is 1. The van der Waals surface area contributed by atoms with E-state index in [0.29, 0.717) is 11.3 Å².